The van der Waals surface area contributed by atoms with Crippen molar-refractivity contribution in [3.8, 4) is 11.8 Å². The summed E-state index contributed by atoms with van der Waals surface area (Å²) in [4.78, 5) is 11.8. The van der Waals surface area contributed by atoms with Gasteiger partial charge in [-0.2, -0.15) is 5.26 Å². The third-order valence-corrected chi connectivity index (χ3v) is 2.63. The number of rotatable bonds is 4. The molecule has 0 atom stereocenters. The number of carbonyl (C=O) groups excluding carboxylic acids is 1. The van der Waals surface area contributed by atoms with Crippen molar-refractivity contribution in [3.63, 3.8) is 0 Å². The average Bonchev–Trinajstić information content (AvgIpc) is 2.32. The second kappa shape index (κ2) is 5.74. The highest BCUT2D eigenvalue weighted by Crippen LogP contribution is 2.28. The molecule has 1 aromatic carbocycles. The van der Waals surface area contributed by atoms with E-state index in [1.165, 1.54) is 0 Å². The fraction of sp³-hybridized carbons (Fsp3) is 0.385. The number of hydrogen-bond acceptors (Lipinski definition) is 3. The van der Waals surface area contributed by atoms with Crippen molar-refractivity contribution in [2.24, 2.45) is 5.41 Å². The number of carbonyl (C=O) groups is 1. The lowest BCUT2D eigenvalue weighted by Crippen LogP contribution is -2.29. The molecule has 0 radical (unpaired) electrons. The van der Waals surface area contributed by atoms with E-state index in [0.29, 0.717) is 23.1 Å². The Morgan fingerprint density at radius 1 is 1.56 bits per heavy atom. The maximum Gasteiger partial charge on any atom is 0.244 e. The Labute approximate surface area is 112 Å². The summed E-state index contributed by atoms with van der Waals surface area (Å²) in [6.45, 7) is 5.49. The van der Waals surface area contributed by atoms with Gasteiger partial charge in [0, 0.05) is 5.69 Å². The molecular weight excluding hydrogens is 252 g/mol. The lowest BCUT2D eigenvalue weighted by Gasteiger charge is -2.15. The predicted octanol–water partition coefficient (Wildman–Crippen LogP) is 3.23. The van der Waals surface area contributed by atoms with E-state index < -0.39 is 5.41 Å². The van der Waals surface area contributed by atoms with Gasteiger partial charge < -0.3 is 10.1 Å². The Kier molecular flexibility index (Phi) is 4.57. The van der Waals surface area contributed by atoms with Crippen molar-refractivity contribution >= 4 is 23.2 Å². The molecule has 0 fully saturated rings. The Balaban J connectivity index is 2.85. The smallest absolute Gasteiger partial charge is 0.244 e. The second-order valence-electron chi connectivity index (χ2n) is 4.27. The molecule has 0 heterocycles. The van der Waals surface area contributed by atoms with Crippen LogP contribution in [0.1, 0.15) is 20.8 Å². The van der Waals surface area contributed by atoms with Crippen molar-refractivity contribution in [2.75, 3.05) is 11.9 Å². The standard InChI is InChI=1S/C13H15ClN2O2/c1-4-18-11-6-5-9(7-10(11)14)16-12(17)13(2,3)8-15/h5-7H,4H2,1-3H3,(H,16,17). The molecule has 1 N–H and O–H groups in total. The summed E-state index contributed by atoms with van der Waals surface area (Å²) in [5, 5.41) is 11.9. The van der Waals surface area contributed by atoms with Crippen molar-refractivity contribution in [1.29, 1.82) is 5.26 Å². The van der Waals surface area contributed by atoms with Crippen LogP contribution in [0.15, 0.2) is 18.2 Å². The number of nitrogens with one attached hydrogen (secondary N) is 1. The molecule has 0 spiro atoms. The topological polar surface area (TPSA) is 62.1 Å². The molecule has 96 valence electrons. The maximum absolute atomic E-state index is 11.8. The van der Waals surface area contributed by atoms with Crippen LogP contribution < -0.4 is 10.1 Å². The van der Waals surface area contributed by atoms with E-state index in [1.807, 2.05) is 13.0 Å². The molecule has 0 aliphatic rings. The molecular formula is C13H15ClN2O2. The number of anilines is 1. The van der Waals surface area contributed by atoms with Gasteiger partial charge in [-0.1, -0.05) is 11.6 Å². The van der Waals surface area contributed by atoms with Crippen LogP contribution in [0.2, 0.25) is 5.02 Å². The first-order valence-corrected chi connectivity index (χ1v) is 5.93. The van der Waals surface area contributed by atoms with Gasteiger partial charge in [-0.05, 0) is 39.0 Å². The van der Waals surface area contributed by atoms with Crippen LogP contribution in [0.3, 0.4) is 0 Å². The summed E-state index contributed by atoms with van der Waals surface area (Å²) in [7, 11) is 0. The Morgan fingerprint density at radius 3 is 2.72 bits per heavy atom. The van der Waals surface area contributed by atoms with Gasteiger partial charge in [0.05, 0.1) is 17.7 Å². The van der Waals surface area contributed by atoms with Crippen LogP contribution >= 0.6 is 11.6 Å². The maximum atomic E-state index is 11.8. The van der Waals surface area contributed by atoms with Crippen molar-refractivity contribution in [3.05, 3.63) is 23.2 Å². The van der Waals surface area contributed by atoms with Crippen LogP contribution in [0, 0.1) is 16.7 Å². The zero-order valence-electron chi connectivity index (χ0n) is 10.6. The van der Waals surface area contributed by atoms with Gasteiger partial charge in [0.1, 0.15) is 11.2 Å². The molecule has 18 heavy (non-hydrogen) atoms. The normalized spacial score (nSPS) is 10.6. The van der Waals surface area contributed by atoms with Crippen LogP contribution in [0.5, 0.6) is 5.75 Å². The monoisotopic (exact) mass is 266 g/mol. The van der Waals surface area contributed by atoms with Crippen molar-refractivity contribution in [1.82, 2.24) is 0 Å². The molecule has 1 amide bonds. The fourth-order valence-electron chi connectivity index (χ4n) is 1.19. The number of benzene rings is 1. The number of nitrogens with zero attached hydrogens (tertiary/aromatic N) is 1. The van der Waals surface area contributed by atoms with Gasteiger partial charge in [-0.15, -0.1) is 0 Å². The molecule has 1 rings (SSSR count). The third-order valence-electron chi connectivity index (χ3n) is 2.34. The third kappa shape index (κ3) is 3.38. The van der Waals surface area contributed by atoms with Crippen LogP contribution in [0.25, 0.3) is 0 Å². The molecule has 0 bridgehead atoms. The van der Waals surface area contributed by atoms with E-state index in [9.17, 15) is 4.79 Å². The molecule has 0 saturated carbocycles. The fourth-order valence-corrected chi connectivity index (χ4v) is 1.42. The van der Waals surface area contributed by atoms with Gasteiger partial charge in [-0.25, -0.2) is 0 Å². The van der Waals surface area contributed by atoms with Gasteiger partial charge in [-0.3, -0.25) is 4.79 Å². The lowest BCUT2D eigenvalue weighted by molar-refractivity contribution is -0.121. The van der Waals surface area contributed by atoms with E-state index in [2.05, 4.69) is 5.32 Å². The van der Waals surface area contributed by atoms with E-state index in [0.717, 1.165) is 0 Å². The number of halogens is 1. The highest BCUT2D eigenvalue weighted by molar-refractivity contribution is 6.32. The number of nitriles is 1. The minimum atomic E-state index is -1.08. The van der Waals surface area contributed by atoms with Gasteiger partial charge >= 0.3 is 0 Å². The number of hydrogen-bond donors (Lipinski definition) is 1. The summed E-state index contributed by atoms with van der Waals surface area (Å²) < 4.78 is 5.29. The second-order valence-corrected chi connectivity index (χ2v) is 4.68. The summed E-state index contributed by atoms with van der Waals surface area (Å²) in [5.41, 5.74) is -0.540. The Bertz CT molecular complexity index is 492. The molecule has 0 aliphatic carbocycles. The van der Waals surface area contributed by atoms with Crippen LogP contribution in [0.4, 0.5) is 5.69 Å². The Hall–Kier alpha value is -1.73. The van der Waals surface area contributed by atoms with Crippen molar-refractivity contribution < 1.29 is 9.53 Å². The minimum Gasteiger partial charge on any atom is -0.492 e. The summed E-state index contributed by atoms with van der Waals surface area (Å²) in [6.07, 6.45) is 0. The highest BCUT2D eigenvalue weighted by atomic mass is 35.5. The van der Waals surface area contributed by atoms with Crippen molar-refractivity contribution in [2.45, 2.75) is 20.8 Å². The molecule has 1 aromatic rings. The van der Waals surface area contributed by atoms with Crippen LogP contribution in [-0.4, -0.2) is 12.5 Å². The Morgan fingerprint density at radius 2 is 2.22 bits per heavy atom. The molecule has 4 nitrogen and oxygen atoms in total. The van der Waals surface area contributed by atoms with Gasteiger partial charge in [0.2, 0.25) is 5.91 Å². The first-order valence-electron chi connectivity index (χ1n) is 5.55. The first-order chi connectivity index (χ1) is 8.40. The predicted molar refractivity (Wildman–Crippen MR) is 70.6 cm³/mol. The zero-order chi connectivity index (χ0) is 13.8. The van der Waals surface area contributed by atoms with E-state index in [-0.39, 0.29) is 5.91 Å². The van der Waals surface area contributed by atoms with Gasteiger partial charge in [0.15, 0.2) is 0 Å². The SMILES string of the molecule is CCOc1ccc(NC(=O)C(C)(C)C#N)cc1Cl. The van der Waals surface area contributed by atoms with Crippen LogP contribution in [-0.2, 0) is 4.79 Å². The molecule has 0 aliphatic heterocycles. The zero-order valence-corrected chi connectivity index (χ0v) is 11.3. The molecule has 0 aromatic heterocycles. The van der Waals surface area contributed by atoms with Gasteiger partial charge in [0.25, 0.3) is 0 Å². The summed E-state index contributed by atoms with van der Waals surface area (Å²) in [6, 6.07) is 6.90. The van der Waals surface area contributed by atoms with E-state index in [1.54, 1.807) is 32.0 Å². The quantitative estimate of drug-likeness (QED) is 0.910. The largest absolute Gasteiger partial charge is 0.492 e. The number of amides is 1. The van der Waals surface area contributed by atoms with E-state index in [4.69, 9.17) is 21.6 Å². The minimum absolute atomic E-state index is 0.370. The van der Waals surface area contributed by atoms with E-state index >= 15 is 0 Å². The first kappa shape index (κ1) is 14.3. The number of ether oxygens (including phenoxy) is 1. The summed E-state index contributed by atoms with van der Waals surface area (Å²) in [5.74, 6) is 0.196. The molecule has 5 heteroatoms. The highest BCUT2D eigenvalue weighted by Gasteiger charge is 2.27. The summed E-state index contributed by atoms with van der Waals surface area (Å²) >= 11 is 6.00. The molecule has 0 unspecified atom stereocenters. The average molecular weight is 267 g/mol. The molecule has 0 saturated heterocycles. The lowest BCUT2D eigenvalue weighted by atomic mass is 9.94.